The molecule has 164 valence electrons. The van der Waals surface area contributed by atoms with E-state index in [1.807, 2.05) is 24.3 Å². The number of nitrogens with zero attached hydrogens (tertiary/aromatic N) is 2. The predicted octanol–water partition coefficient (Wildman–Crippen LogP) is 4.64. The van der Waals surface area contributed by atoms with Gasteiger partial charge in [-0.3, -0.25) is 14.5 Å². The molecule has 0 fully saturated rings. The molecule has 0 radical (unpaired) electrons. The second-order valence-corrected chi connectivity index (χ2v) is 11.7. The molecule has 1 unspecified atom stereocenters. The van der Waals surface area contributed by atoms with Crippen molar-refractivity contribution < 1.29 is 18.0 Å². The number of carbonyl (C=O) groups is 2. The molecule has 2 aliphatic rings. The molecule has 2 aliphatic heterocycles. The number of rotatable bonds is 4. The van der Waals surface area contributed by atoms with Crippen molar-refractivity contribution in [3.8, 4) is 0 Å². The van der Waals surface area contributed by atoms with Gasteiger partial charge in [0.15, 0.2) is 0 Å². The van der Waals surface area contributed by atoms with Crippen LogP contribution >= 0.6 is 34.5 Å². The van der Waals surface area contributed by atoms with E-state index in [0.717, 1.165) is 27.4 Å². The third-order valence-corrected chi connectivity index (χ3v) is 9.47. The zero-order valence-corrected chi connectivity index (χ0v) is 19.6. The molecule has 6 nitrogen and oxygen atoms in total. The fourth-order valence-corrected chi connectivity index (χ4v) is 8.02. The maximum Gasteiger partial charge on any atom is 0.261 e. The molecule has 0 saturated carbocycles. The van der Waals surface area contributed by atoms with Crippen molar-refractivity contribution >= 4 is 56.4 Å². The standard InChI is InChI=1S/C22H16Cl2N2O4S2/c23-19-11-18(20(24)31-19)32(29,30)26-10-9-13-5-1-2-6-14(13)17(26)12-25-21(27)15-7-3-4-8-16(15)22(25)28/h1-8,11,17H,9-10,12H2. The van der Waals surface area contributed by atoms with E-state index in [4.69, 9.17) is 23.2 Å². The summed E-state index contributed by atoms with van der Waals surface area (Å²) < 4.78 is 28.9. The molecule has 3 aromatic rings. The summed E-state index contributed by atoms with van der Waals surface area (Å²) in [5.74, 6) is -0.856. The number of benzene rings is 2. The molecular weight excluding hydrogens is 491 g/mol. The highest BCUT2D eigenvalue weighted by molar-refractivity contribution is 7.89. The van der Waals surface area contributed by atoms with Crippen molar-refractivity contribution in [2.75, 3.05) is 13.1 Å². The van der Waals surface area contributed by atoms with Gasteiger partial charge in [-0.15, -0.1) is 11.3 Å². The monoisotopic (exact) mass is 506 g/mol. The average Bonchev–Trinajstić information content (AvgIpc) is 3.25. The van der Waals surface area contributed by atoms with Crippen molar-refractivity contribution in [3.63, 3.8) is 0 Å². The molecule has 5 rings (SSSR count). The number of imide groups is 1. The summed E-state index contributed by atoms with van der Waals surface area (Å²) in [5.41, 5.74) is 2.39. The molecule has 32 heavy (non-hydrogen) atoms. The van der Waals surface area contributed by atoms with E-state index in [2.05, 4.69) is 0 Å². The Kier molecular flexibility index (Phi) is 5.38. The Bertz CT molecular complexity index is 1330. The molecule has 2 aromatic carbocycles. The Morgan fingerprint density at radius 2 is 1.59 bits per heavy atom. The van der Waals surface area contributed by atoms with E-state index in [1.165, 1.54) is 10.4 Å². The van der Waals surface area contributed by atoms with E-state index >= 15 is 0 Å². The van der Waals surface area contributed by atoms with E-state index < -0.39 is 27.9 Å². The Morgan fingerprint density at radius 3 is 2.22 bits per heavy atom. The summed E-state index contributed by atoms with van der Waals surface area (Å²) in [7, 11) is -4.03. The van der Waals surface area contributed by atoms with Gasteiger partial charge in [-0.2, -0.15) is 4.31 Å². The normalized spacial score (nSPS) is 18.7. The maximum atomic E-state index is 13.6. The third kappa shape index (κ3) is 3.38. The van der Waals surface area contributed by atoms with Crippen LogP contribution in [0.1, 0.15) is 37.9 Å². The van der Waals surface area contributed by atoms with Crippen molar-refractivity contribution in [1.82, 2.24) is 9.21 Å². The van der Waals surface area contributed by atoms with Gasteiger partial charge in [0.25, 0.3) is 11.8 Å². The number of halogens is 2. The molecule has 10 heteroatoms. The number of thiophene rings is 1. The van der Waals surface area contributed by atoms with Gasteiger partial charge < -0.3 is 0 Å². The molecule has 3 heterocycles. The summed E-state index contributed by atoms with van der Waals surface area (Å²) in [4.78, 5) is 27.0. The Balaban J connectivity index is 1.58. The average molecular weight is 507 g/mol. The summed E-state index contributed by atoms with van der Waals surface area (Å²) in [5, 5.41) is 0. The number of fused-ring (bicyclic) bond motifs is 2. The summed E-state index contributed by atoms with van der Waals surface area (Å²) in [6, 6.07) is 14.7. The van der Waals surface area contributed by atoms with E-state index in [-0.39, 0.29) is 26.7 Å². The third-order valence-electron chi connectivity index (χ3n) is 5.81. The molecule has 0 saturated heterocycles. The van der Waals surface area contributed by atoms with E-state index in [0.29, 0.717) is 17.5 Å². The number of hydrogen-bond acceptors (Lipinski definition) is 5. The molecule has 0 spiro atoms. The fourth-order valence-electron chi connectivity index (χ4n) is 4.31. The fraction of sp³-hybridized carbons (Fsp3) is 0.182. The smallest absolute Gasteiger partial charge is 0.261 e. The van der Waals surface area contributed by atoms with Crippen LogP contribution in [0.15, 0.2) is 59.5 Å². The van der Waals surface area contributed by atoms with Gasteiger partial charge in [0.05, 0.1) is 28.0 Å². The van der Waals surface area contributed by atoms with Crippen molar-refractivity contribution in [2.24, 2.45) is 0 Å². The maximum absolute atomic E-state index is 13.6. The summed E-state index contributed by atoms with van der Waals surface area (Å²) in [6.07, 6.45) is 0.503. The first-order valence-corrected chi connectivity index (χ1v) is 12.8. The predicted molar refractivity (Wildman–Crippen MR) is 123 cm³/mol. The minimum absolute atomic E-state index is 0.0686. The van der Waals surface area contributed by atoms with Gasteiger partial charge in [-0.25, -0.2) is 8.42 Å². The second-order valence-electron chi connectivity index (χ2n) is 7.54. The van der Waals surface area contributed by atoms with Crippen LogP contribution < -0.4 is 0 Å². The zero-order valence-electron chi connectivity index (χ0n) is 16.5. The molecule has 0 bridgehead atoms. The van der Waals surface area contributed by atoms with Crippen molar-refractivity contribution in [3.05, 3.63) is 85.5 Å². The lowest BCUT2D eigenvalue weighted by molar-refractivity contribution is 0.0616. The van der Waals surface area contributed by atoms with E-state index in [1.54, 1.807) is 24.3 Å². The minimum Gasteiger partial charge on any atom is -0.272 e. The highest BCUT2D eigenvalue weighted by Crippen LogP contribution is 2.41. The first-order valence-electron chi connectivity index (χ1n) is 9.78. The highest BCUT2D eigenvalue weighted by atomic mass is 35.5. The van der Waals surface area contributed by atoms with Gasteiger partial charge in [0.1, 0.15) is 9.23 Å². The number of carbonyl (C=O) groups excluding carboxylic acids is 2. The van der Waals surface area contributed by atoms with Crippen LogP contribution in [0.3, 0.4) is 0 Å². The van der Waals surface area contributed by atoms with Gasteiger partial charge in [-0.05, 0) is 35.7 Å². The van der Waals surface area contributed by atoms with E-state index in [9.17, 15) is 18.0 Å². The highest BCUT2D eigenvalue weighted by Gasteiger charge is 2.43. The van der Waals surface area contributed by atoms with Crippen LogP contribution in [0.4, 0.5) is 0 Å². The van der Waals surface area contributed by atoms with Gasteiger partial charge >= 0.3 is 0 Å². The summed E-state index contributed by atoms with van der Waals surface area (Å²) >= 11 is 13.2. The number of sulfonamides is 1. The molecule has 1 atom stereocenters. The lowest BCUT2D eigenvalue weighted by Crippen LogP contribution is -2.46. The Labute approximate surface area is 199 Å². The zero-order chi connectivity index (χ0) is 22.6. The molecule has 0 aliphatic carbocycles. The number of hydrogen-bond donors (Lipinski definition) is 0. The second kappa shape index (κ2) is 7.97. The molecular formula is C22H16Cl2N2O4S2. The van der Waals surface area contributed by atoms with Crippen molar-refractivity contribution in [1.29, 1.82) is 0 Å². The van der Waals surface area contributed by atoms with Crippen LogP contribution in [0, 0.1) is 0 Å². The van der Waals surface area contributed by atoms with Crippen LogP contribution in [0.25, 0.3) is 0 Å². The minimum atomic E-state index is -4.03. The van der Waals surface area contributed by atoms with Crippen LogP contribution in [0.2, 0.25) is 8.67 Å². The van der Waals surface area contributed by atoms with Crippen molar-refractivity contribution in [2.45, 2.75) is 17.4 Å². The molecule has 2 amide bonds. The van der Waals surface area contributed by atoms with Crippen LogP contribution in [-0.4, -0.2) is 42.5 Å². The lowest BCUT2D eigenvalue weighted by atomic mass is 9.94. The lowest BCUT2D eigenvalue weighted by Gasteiger charge is -2.37. The topological polar surface area (TPSA) is 74.8 Å². The Morgan fingerprint density at radius 1 is 0.969 bits per heavy atom. The first kappa shape index (κ1) is 21.6. The SMILES string of the molecule is O=C1c2ccccc2C(=O)N1CC1c2ccccc2CCN1S(=O)(=O)c1cc(Cl)sc1Cl. The largest absolute Gasteiger partial charge is 0.272 e. The van der Waals surface area contributed by atoms with Gasteiger partial charge in [0, 0.05) is 6.54 Å². The van der Waals surface area contributed by atoms with Crippen LogP contribution in [0.5, 0.6) is 0 Å². The summed E-state index contributed by atoms with van der Waals surface area (Å²) in [6.45, 7) is 0.0923. The van der Waals surface area contributed by atoms with Crippen LogP contribution in [-0.2, 0) is 16.4 Å². The quantitative estimate of drug-likeness (QED) is 0.483. The Hall–Kier alpha value is -2.23. The first-order chi connectivity index (χ1) is 15.3. The molecule has 1 aromatic heterocycles. The molecule has 0 N–H and O–H groups in total. The number of amides is 2. The van der Waals surface area contributed by atoms with Gasteiger partial charge in [-0.1, -0.05) is 59.6 Å². The van der Waals surface area contributed by atoms with Gasteiger partial charge in [0.2, 0.25) is 10.0 Å².